The molecule has 1 amide bonds. The Kier molecular flexibility index (Phi) is 4.72. The Morgan fingerprint density at radius 1 is 1.33 bits per heavy atom. The van der Waals surface area contributed by atoms with Crippen molar-refractivity contribution >= 4 is 17.3 Å². The molecule has 3 aromatic rings. The predicted octanol–water partition coefficient (Wildman–Crippen LogP) is 3.74. The van der Waals surface area contributed by atoms with E-state index in [2.05, 4.69) is 20.6 Å². The molecule has 1 aromatic carbocycles. The van der Waals surface area contributed by atoms with Crippen LogP contribution in [-0.4, -0.2) is 48.3 Å². The molecule has 8 nitrogen and oxygen atoms in total. The van der Waals surface area contributed by atoms with Crippen LogP contribution in [0.1, 0.15) is 34.8 Å². The van der Waals surface area contributed by atoms with Crippen LogP contribution in [0.15, 0.2) is 36.7 Å². The van der Waals surface area contributed by atoms with E-state index >= 15 is 0 Å². The lowest BCUT2D eigenvalue weighted by Gasteiger charge is -2.26. The Bertz CT molecular complexity index is 1240. The topological polar surface area (TPSA) is 97.5 Å². The second-order valence-electron chi connectivity index (χ2n) is 8.50. The van der Waals surface area contributed by atoms with E-state index in [9.17, 15) is 9.18 Å². The molecular formula is C24H23FN4O4. The lowest BCUT2D eigenvalue weighted by atomic mass is 10.0. The van der Waals surface area contributed by atoms with Crippen molar-refractivity contribution in [3.63, 3.8) is 0 Å². The third-order valence-electron chi connectivity index (χ3n) is 6.44. The van der Waals surface area contributed by atoms with Crippen molar-refractivity contribution in [2.75, 3.05) is 25.6 Å². The SMILES string of the molecule is COc1c(F)cccc1Nc1c(-c2ccncc2OC[C@H]2CCO2)[nH]c2c1C(=O)NC1C[C@H]21. The largest absolute Gasteiger partial charge is 0.492 e. The fraction of sp³-hybridized carbons (Fsp3) is 0.333. The number of hydrogen-bond donors (Lipinski definition) is 3. The number of pyridine rings is 1. The number of halogens is 1. The number of rotatable bonds is 7. The first kappa shape index (κ1) is 20.0. The Hall–Kier alpha value is -3.59. The second kappa shape index (κ2) is 7.77. The van der Waals surface area contributed by atoms with Gasteiger partial charge in [-0.25, -0.2) is 4.39 Å². The summed E-state index contributed by atoms with van der Waals surface area (Å²) in [5.74, 6) is 0.231. The molecule has 0 radical (unpaired) electrons. The number of carbonyl (C=O) groups is 1. The molecule has 3 N–H and O–H groups in total. The summed E-state index contributed by atoms with van der Waals surface area (Å²) in [4.78, 5) is 20.7. The Morgan fingerprint density at radius 3 is 3.00 bits per heavy atom. The molecule has 0 spiro atoms. The zero-order chi connectivity index (χ0) is 22.5. The number of H-pyrrole nitrogens is 1. The highest BCUT2D eigenvalue weighted by Crippen LogP contribution is 2.51. The molecule has 170 valence electrons. The fourth-order valence-electron chi connectivity index (χ4n) is 4.52. The van der Waals surface area contributed by atoms with E-state index < -0.39 is 5.82 Å². The number of para-hydroxylation sites is 1. The molecule has 0 bridgehead atoms. The number of hydrogen-bond acceptors (Lipinski definition) is 6. The minimum Gasteiger partial charge on any atom is -0.492 e. The summed E-state index contributed by atoms with van der Waals surface area (Å²) in [6, 6.07) is 6.62. The van der Waals surface area contributed by atoms with Gasteiger partial charge in [0.1, 0.15) is 12.4 Å². The summed E-state index contributed by atoms with van der Waals surface area (Å²) in [7, 11) is 1.41. The molecule has 3 atom stereocenters. The van der Waals surface area contributed by atoms with Gasteiger partial charge in [0.25, 0.3) is 5.91 Å². The normalized spacial score (nSPS) is 22.5. The Labute approximate surface area is 189 Å². The van der Waals surface area contributed by atoms with Gasteiger partial charge < -0.3 is 29.8 Å². The van der Waals surface area contributed by atoms with Gasteiger partial charge in [-0.05, 0) is 24.6 Å². The molecular weight excluding hydrogens is 427 g/mol. The molecule has 2 aliphatic heterocycles. The van der Waals surface area contributed by atoms with Gasteiger partial charge in [0.2, 0.25) is 0 Å². The van der Waals surface area contributed by atoms with Gasteiger partial charge in [0.15, 0.2) is 11.6 Å². The standard InChI is InChI=1S/C24H23FN4O4/c1-31-23-15(25)3-2-4-16(23)27-22-19-20(14-9-17(14)28-24(19)30)29-21(22)13-5-7-26-10-18(13)33-11-12-6-8-32-12/h2-5,7,10,12,14,17,27,29H,6,8-9,11H2,1H3,(H,28,30)/t12-,14+,17?/m1/s1. The van der Waals surface area contributed by atoms with E-state index in [4.69, 9.17) is 14.2 Å². The average Bonchev–Trinajstić information content (AvgIpc) is 3.45. The molecule has 9 heteroatoms. The van der Waals surface area contributed by atoms with Crippen molar-refractivity contribution in [3.8, 4) is 22.8 Å². The van der Waals surface area contributed by atoms with Crippen molar-refractivity contribution in [2.24, 2.45) is 0 Å². The first-order chi connectivity index (χ1) is 16.1. The lowest BCUT2D eigenvalue weighted by molar-refractivity contribution is -0.0720. The summed E-state index contributed by atoms with van der Waals surface area (Å²) in [5, 5.41) is 6.31. The molecule has 2 aromatic heterocycles. The van der Waals surface area contributed by atoms with Crippen LogP contribution in [-0.2, 0) is 4.74 Å². The van der Waals surface area contributed by atoms with Crippen LogP contribution < -0.4 is 20.1 Å². The summed E-state index contributed by atoms with van der Waals surface area (Å²) in [6.07, 6.45) is 5.25. The number of nitrogens with zero attached hydrogens (tertiary/aromatic N) is 1. The number of aromatic amines is 1. The number of fused-ring (bicyclic) bond motifs is 3. The summed E-state index contributed by atoms with van der Waals surface area (Å²) >= 11 is 0. The summed E-state index contributed by atoms with van der Waals surface area (Å²) in [5.41, 5.74) is 3.81. The van der Waals surface area contributed by atoms with Gasteiger partial charge in [-0.1, -0.05) is 6.07 Å². The molecule has 3 aliphatic rings. The first-order valence-electron chi connectivity index (χ1n) is 11.0. The molecule has 4 heterocycles. The first-order valence-corrected chi connectivity index (χ1v) is 11.0. The van der Waals surface area contributed by atoms with Gasteiger partial charge in [0.05, 0.1) is 42.0 Å². The zero-order valence-electron chi connectivity index (χ0n) is 18.0. The average molecular weight is 450 g/mol. The van der Waals surface area contributed by atoms with Gasteiger partial charge in [-0.2, -0.15) is 0 Å². The predicted molar refractivity (Wildman–Crippen MR) is 119 cm³/mol. The van der Waals surface area contributed by atoms with Crippen LogP contribution in [0.4, 0.5) is 15.8 Å². The summed E-state index contributed by atoms with van der Waals surface area (Å²) in [6.45, 7) is 1.17. The number of methoxy groups -OCH3 is 1. The van der Waals surface area contributed by atoms with Gasteiger partial charge in [-0.15, -0.1) is 0 Å². The zero-order valence-corrected chi connectivity index (χ0v) is 18.0. The van der Waals surface area contributed by atoms with Crippen LogP contribution in [0.25, 0.3) is 11.3 Å². The lowest BCUT2D eigenvalue weighted by Crippen LogP contribution is -2.32. The van der Waals surface area contributed by atoms with Crippen molar-refractivity contribution in [1.82, 2.24) is 15.3 Å². The number of aromatic nitrogens is 2. The third kappa shape index (κ3) is 3.39. The van der Waals surface area contributed by atoms with Gasteiger partial charge in [0, 0.05) is 42.4 Å². The van der Waals surface area contributed by atoms with Gasteiger partial charge in [-0.3, -0.25) is 9.78 Å². The van der Waals surface area contributed by atoms with Crippen LogP contribution >= 0.6 is 0 Å². The highest BCUT2D eigenvalue weighted by Gasteiger charge is 2.48. The second-order valence-corrected chi connectivity index (χ2v) is 8.50. The van der Waals surface area contributed by atoms with E-state index in [0.717, 1.165) is 30.7 Å². The molecule has 1 saturated carbocycles. The number of carbonyl (C=O) groups excluding carboxylic acids is 1. The van der Waals surface area contributed by atoms with E-state index in [1.165, 1.54) is 13.2 Å². The maximum atomic E-state index is 14.4. The number of benzene rings is 1. The number of ether oxygens (including phenoxy) is 3. The minimum atomic E-state index is -0.492. The quantitative estimate of drug-likeness (QED) is 0.508. The smallest absolute Gasteiger partial charge is 0.255 e. The highest BCUT2D eigenvalue weighted by atomic mass is 19.1. The molecule has 33 heavy (non-hydrogen) atoms. The molecule has 1 aliphatic carbocycles. The Balaban J connectivity index is 1.46. The fourth-order valence-corrected chi connectivity index (χ4v) is 4.52. The minimum absolute atomic E-state index is 0.0713. The van der Waals surface area contributed by atoms with E-state index in [0.29, 0.717) is 35.0 Å². The van der Waals surface area contributed by atoms with Crippen molar-refractivity contribution in [3.05, 3.63) is 53.7 Å². The molecule has 1 saturated heterocycles. The van der Waals surface area contributed by atoms with Crippen molar-refractivity contribution in [1.29, 1.82) is 0 Å². The van der Waals surface area contributed by atoms with Crippen molar-refractivity contribution in [2.45, 2.75) is 30.9 Å². The van der Waals surface area contributed by atoms with Crippen LogP contribution in [0.5, 0.6) is 11.5 Å². The molecule has 2 fully saturated rings. The van der Waals surface area contributed by atoms with Crippen LogP contribution in [0, 0.1) is 5.82 Å². The van der Waals surface area contributed by atoms with E-state index in [-0.39, 0.29) is 29.7 Å². The van der Waals surface area contributed by atoms with Gasteiger partial charge >= 0.3 is 0 Å². The van der Waals surface area contributed by atoms with E-state index in [1.54, 1.807) is 24.5 Å². The Morgan fingerprint density at radius 2 is 2.21 bits per heavy atom. The summed E-state index contributed by atoms with van der Waals surface area (Å²) < 4.78 is 31.2. The monoisotopic (exact) mass is 450 g/mol. The number of anilines is 2. The maximum Gasteiger partial charge on any atom is 0.255 e. The van der Waals surface area contributed by atoms with Crippen molar-refractivity contribution < 1.29 is 23.4 Å². The number of amides is 1. The van der Waals surface area contributed by atoms with Crippen LogP contribution in [0.2, 0.25) is 0 Å². The number of nitrogens with one attached hydrogen (secondary N) is 3. The van der Waals surface area contributed by atoms with Crippen LogP contribution in [0.3, 0.4) is 0 Å². The highest BCUT2D eigenvalue weighted by molar-refractivity contribution is 6.07. The van der Waals surface area contributed by atoms with E-state index in [1.807, 2.05) is 6.07 Å². The molecule has 6 rings (SSSR count). The maximum absolute atomic E-state index is 14.4. The molecule has 1 unspecified atom stereocenters. The third-order valence-corrected chi connectivity index (χ3v) is 6.44.